The van der Waals surface area contributed by atoms with Crippen LogP contribution < -0.4 is 9.62 Å². The van der Waals surface area contributed by atoms with E-state index in [9.17, 15) is 18.0 Å². The van der Waals surface area contributed by atoms with Crippen molar-refractivity contribution in [2.45, 2.75) is 51.2 Å². The molecule has 0 bridgehead atoms. The molecule has 7 nitrogen and oxygen atoms in total. The second kappa shape index (κ2) is 12.0. The van der Waals surface area contributed by atoms with Crippen molar-refractivity contribution in [3.63, 3.8) is 0 Å². The van der Waals surface area contributed by atoms with Crippen LogP contribution >= 0.6 is 39.1 Å². The van der Waals surface area contributed by atoms with Gasteiger partial charge in [-0.3, -0.25) is 13.9 Å². The van der Waals surface area contributed by atoms with Crippen molar-refractivity contribution in [3.8, 4) is 0 Å². The largest absolute Gasteiger partial charge is 0.352 e. The van der Waals surface area contributed by atoms with Crippen LogP contribution in [0.15, 0.2) is 46.9 Å². The molecule has 0 saturated heterocycles. The molecule has 1 aliphatic carbocycles. The molecular weight excluding hydrogens is 577 g/mol. The molecule has 1 saturated carbocycles. The molecule has 1 atom stereocenters. The van der Waals surface area contributed by atoms with Crippen molar-refractivity contribution >= 4 is 66.7 Å². The van der Waals surface area contributed by atoms with Crippen LogP contribution in [0.4, 0.5) is 5.69 Å². The highest BCUT2D eigenvalue weighted by Crippen LogP contribution is 2.31. The lowest BCUT2D eigenvalue weighted by molar-refractivity contribution is -0.139. The van der Waals surface area contributed by atoms with E-state index in [1.807, 2.05) is 24.3 Å². The van der Waals surface area contributed by atoms with Crippen molar-refractivity contribution in [2.24, 2.45) is 0 Å². The summed E-state index contributed by atoms with van der Waals surface area (Å²) in [5.41, 5.74) is 0.899. The van der Waals surface area contributed by atoms with E-state index in [0.717, 1.165) is 46.3 Å². The number of carbonyl (C=O) groups excluding carboxylic acids is 2. The molecule has 1 aliphatic rings. The number of benzene rings is 2. The summed E-state index contributed by atoms with van der Waals surface area (Å²) in [4.78, 5) is 28.0. The summed E-state index contributed by atoms with van der Waals surface area (Å²) in [6, 6.07) is 11.0. The Kier molecular flexibility index (Phi) is 9.48. The van der Waals surface area contributed by atoms with Crippen molar-refractivity contribution in [1.82, 2.24) is 10.2 Å². The predicted octanol–water partition coefficient (Wildman–Crippen LogP) is 5.00. The Labute approximate surface area is 224 Å². The van der Waals surface area contributed by atoms with Crippen LogP contribution in [0.25, 0.3) is 0 Å². The summed E-state index contributed by atoms with van der Waals surface area (Å²) in [5.74, 6) is -0.808. The van der Waals surface area contributed by atoms with Gasteiger partial charge in [-0.1, -0.05) is 64.1 Å². The number of hydrogen-bond acceptors (Lipinski definition) is 4. The SMILES string of the molecule is C[C@@H](C(=O)NC1CCCC1)N(Cc1ccc(Br)cc1)C(=O)CN(c1cc(Cl)ccc1Cl)S(C)(=O)=O. The first-order valence-corrected chi connectivity index (χ1v) is 14.6. The fourth-order valence-electron chi connectivity index (χ4n) is 4.03. The number of carbonyl (C=O) groups is 2. The lowest BCUT2D eigenvalue weighted by Gasteiger charge is -2.32. The predicted molar refractivity (Wildman–Crippen MR) is 143 cm³/mol. The lowest BCUT2D eigenvalue weighted by Crippen LogP contribution is -2.52. The number of nitrogens with one attached hydrogen (secondary N) is 1. The molecule has 0 aromatic heterocycles. The Balaban J connectivity index is 1.90. The molecule has 35 heavy (non-hydrogen) atoms. The maximum absolute atomic E-state index is 13.6. The maximum Gasteiger partial charge on any atom is 0.244 e. The minimum Gasteiger partial charge on any atom is -0.352 e. The van der Waals surface area contributed by atoms with E-state index in [4.69, 9.17) is 23.2 Å². The number of rotatable bonds is 9. The normalized spacial score (nSPS) is 15.0. The Morgan fingerprint density at radius 3 is 2.34 bits per heavy atom. The first kappa shape index (κ1) is 27.8. The standard InChI is InChI=1S/C24H28BrCl2N3O4S/c1-16(24(32)28-20-5-3-4-6-20)29(14-17-7-9-18(25)10-8-17)23(31)15-30(35(2,33)34)22-13-19(26)11-12-21(22)27/h7-13,16,20H,3-6,14-15H2,1-2H3,(H,28,32)/t16-/m0/s1. The first-order valence-electron chi connectivity index (χ1n) is 11.2. The Morgan fingerprint density at radius 1 is 1.11 bits per heavy atom. The quantitative estimate of drug-likeness (QED) is 0.436. The Bertz CT molecular complexity index is 1170. The molecule has 190 valence electrons. The van der Waals surface area contributed by atoms with Gasteiger partial charge in [-0.2, -0.15) is 0 Å². The molecule has 1 fully saturated rings. The molecule has 0 aliphatic heterocycles. The van der Waals surface area contributed by atoms with Crippen LogP contribution in [0.1, 0.15) is 38.2 Å². The second-order valence-electron chi connectivity index (χ2n) is 8.68. The monoisotopic (exact) mass is 603 g/mol. The number of halogens is 3. The lowest BCUT2D eigenvalue weighted by atomic mass is 10.1. The second-order valence-corrected chi connectivity index (χ2v) is 12.3. The summed E-state index contributed by atoms with van der Waals surface area (Å²) < 4.78 is 27.1. The third-order valence-electron chi connectivity index (χ3n) is 5.99. The first-order chi connectivity index (χ1) is 16.5. The summed E-state index contributed by atoms with van der Waals surface area (Å²) in [6.07, 6.45) is 4.93. The van der Waals surface area contributed by atoms with Gasteiger partial charge in [0.05, 0.1) is 17.0 Å². The van der Waals surface area contributed by atoms with Crippen LogP contribution in [0, 0.1) is 0 Å². The van der Waals surface area contributed by atoms with Crippen LogP contribution in [0.3, 0.4) is 0 Å². The molecule has 11 heteroatoms. The zero-order valence-corrected chi connectivity index (χ0v) is 23.4. The van der Waals surface area contributed by atoms with Gasteiger partial charge in [-0.05, 0) is 55.7 Å². The van der Waals surface area contributed by atoms with Gasteiger partial charge in [0.1, 0.15) is 12.6 Å². The van der Waals surface area contributed by atoms with E-state index in [2.05, 4.69) is 21.2 Å². The van der Waals surface area contributed by atoms with Crippen LogP contribution in [-0.4, -0.2) is 50.0 Å². The van der Waals surface area contributed by atoms with Crippen molar-refractivity contribution < 1.29 is 18.0 Å². The Morgan fingerprint density at radius 2 is 1.74 bits per heavy atom. The van der Waals surface area contributed by atoms with Gasteiger partial charge in [0, 0.05) is 22.1 Å². The smallest absolute Gasteiger partial charge is 0.244 e. The molecule has 1 N–H and O–H groups in total. The number of hydrogen-bond donors (Lipinski definition) is 1. The molecule has 2 aromatic carbocycles. The average molecular weight is 605 g/mol. The number of sulfonamides is 1. The highest BCUT2D eigenvalue weighted by Gasteiger charge is 2.32. The number of amides is 2. The van der Waals surface area contributed by atoms with E-state index in [1.54, 1.807) is 6.92 Å². The van der Waals surface area contributed by atoms with E-state index in [-0.39, 0.29) is 34.2 Å². The maximum atomic E-state index is 13.6. The summed E-state index contributed by atoms with van der Waals surface area (Å²) >= 11 is 15.7. The summed E-state index contributed by atoms with van der Waals surface area (Å²) in [5, 5.41) is 3.45. The van der Waals surface area contributed by atoms with Gasteiger partial charge < -0.3 is 10.2 Å². The Hall–Kier alpha value is -1.81. The minimum atomic E-state index is -3.89. The van der Waals surface area contributed by atoms with Gasteiger partial charge in [0.15, 0.2) is 0 Å². The van der Waals surface area contributed by atoms with Crippen molar-refractivity contribution in [1.29, 1.82) is 0 Å². The summed E-state index contributed by atoms with van der Waals surface area (Å²) in [6.45, 7) is 1.25. The van der Waals surface area contributed by atoms with E-state index in [0.29, 0.717) is 0 Å². The molecule has 0 unspecified atom stereocenters. The molecule has 0 spiro atoms. The summed E-state index contributed by atoms with van der Waals surface area (Å²) in [7, 11) is -3.89. The minimum absolute atomic E-state index is 0.0902. The van der Waals surface area contributed by atoms with Gasteiger partial charge in [-0.25, -0.2) is 8.42 Å². The van der Waals surface area contributed by atoms with Crippen LogP contribution in [0.2, 0.25) is 10.0 Å². The van der Waals surface area contributed by atoms with Crippen LogP contribution in [0.5, 0.6) is 0 Å². The zero-order valence-electron chi connectivity index (χ0n) is 19.5. The van der Waals surface area contributed by atoms with Gasteiger partial charge in [0.25, 0.3) is 0 Å². The average Bonchev–Trinajstić information content (AvgIpc) is 3.30. The third kappa shape index (κ3) is 7.59. The highest BCUT2D eigenvalue weighted by molar-refractivity contribution is 9.10. The van der Waals surface area contributed by atoms with E-state index < -0.39 is 28.5 Å². The van der Waals surface area contributed by atoms with E-state index in [1.165, 1.54) is 23.1 Å². The van der Waals surface area contributed by atoms with Gasteiger partial charge >= 0.3 is 0 Å². The fourth-order valence-corrected chi connectivity index (χ4v) is 5.59. The third-order valence-corrected chi connectivity index (χ3v) is 8.20. The van der Waals surface area contributed by atoms with Gasteiger partial charge in [-0.15, -0.1) is 0 Å². The zero-order chi connectivity index (χ0) is 25.8. The van der Waals surface area contributed by atoms with Gasteiger partial charge in [0.2, 0.25) is 21.8 Å². The number of nitrogens with zero attached hydrogens (tertiary/aromatic N) is 2. The topological polar surface area (TPSA) is 86.8 Å². The molecular formula is C24H28BrCl2N3O4S. The molecule has 0 heterocycles. The van der Waals surface area contributed by atoms with Crippen molar-refractivity contribution in [3.05, 3.63) is 62.5 Å². The molecule has 3 rings (SSSR count). The number of anilines is 1. The molecule has 2 amide bonds. The molecule has 0 radical (unpaired) electrons. The van der Waals surface area contributed by atoms with E-state index >= 15 is 0 Å². The fraction of sp³-hybridized carbons (Fsp3) is 0.417. The molecule has 2 aromatic rings. The van der Waals surface area contributed by atoms with Crippen LogP contribution in [-0.2, 0) is 26.2 Å². The van der Waals surface area contributed by atoms with Crippen molar-refractivity contribution in [2.75, 3.05) is 17.1 Å². The highest BCUT2D eigenvalue weighted by atomic mass is 79.9.